The molecule has 2 saturated heterocycles. The topological polar surface area (TPSA) is 57.6 Å². The lowest BCUT2D eigenvalue weighted by Gasteiger charge is -2.41. The largest absolute Gasteiger partial charge is 0.477 e. The molecule has 3 aliphatic rings. The van der Waals surface area contributed by atoms with Crippen molar-refractivity contribution < 1.29 is 14.7 Å². The van der Waals surface area contributed by atoms with E-state index in [4.69, 9.17) is 0 Å². The molecule has 2 atom stereocenters. The molecule has 3 aliphatic heterocycles. The number of hydrogen-bond donors (Lipinski definition) is 1. The highest BCUT2D eigenvalue weighted by Gasteiger charge is 2.56. The first-order valence-electron chi connectivity index (χ1n) is 5.70. The second-order valence-corrected chi connectivity index (χ2v) is 5.62. The fourth-order valence-corrected chi connectivity index (χ4v) is 4.21. The third-order valence-corrected chi connectivity index (χ3v) is 4.85. The second kappa shape index (κ2) is 3.63. The van der Waals surface area contributed by atoms with E-state index in [-0.39, 0.29) is 23.6 Å². The quantitative estimate of drug-likeness (QED) is 0.563. The molecule has 0 spiro atoms. The standard InChI is InChI=1S/C12H13NO3S/c1-2-6-9-8-5-17-4-3-7(8)10(12(15)16)13(9)11(6)14/h2,8-9H,3-5H2,1H3,(H,15,16)/b6-2+/t8?,9-/m1/s1. The summed E-state index contributed by atoms with van der Waals surface area (Å²) in [5.41, 5.74) is 2.02. The lowest BCUT2D eigenvalue weighted by molar-refractivity contribution is -0.142. The zero-order valence-electron chi connectivity index (χ0n) is 9.47. The Hall–Kier alpha value is -1.23. The van der Waals surface area contributed by atoms with E-state index in [2.05, 4.69) is 0 Å². The van der Waals surface area contributed by atoms with E-state index in [9.17, 15) is 14.7 Å². The molecule has 0 aromatic rings. The summed E-state index contributed by atoms with van der Waals surface area (Å²) in [6, 6.07) is 0.00130. The van der Waals surface area contributed by atoms with Gasteiger partial charge >= 0.3 is 5.97 Å². The third kappa shape index (κ3) is 1.26. The number of nitrogens with zero attached hydrogens (tertiary/aromatic N) is 1. The number of thioether (sulfide) groups is 1. The molecule has 0 saturated carbocycles. The zero-order valence-corrected chi connectivity index (χ0v) is 10.3. The Balaban J connectivity index is 2.07. The number of carboxylic acids is 1. The summed E-state index contributed by atoms with van der Waals surface area (Å²) < 4.78 is 0. The summed E-state index contributed by atoms with van der Waals surface area (Å²) >= 11 is 1.85. The van der Waals surface area contributed by atoms with Gasteiger partial charge in [-0.05, 0) is 24.7 Å². The van der Waals surface area contributed by atoms with E-state index in [0.717, 1.165) is 29.1 Å². The van der Waals surface area contributed by atoms with Crippen molar-refractivity contribution in [2.75, 3.05) is 11.5 Å². The van der Waals surface area contributed by atoms with Crippen LogP contribution in [0.2, 0.25) is 0 Å². The molecule has 0 aromatic heterocycles. The Morgan fingerprint density at radius 2 is 2.35 bits per heavy atom. The Kier molecular flexibility index (Phi) is 2.33. The zero-order chi connectivity index (χ0) is 12.2. The van der Waals surface area contributed by atoms with Crippen molar-refractivity contribution in [2.24, 2.45) is 5.92 Å². The number of β-lactam (4-membered cyclic amide) rings is 1. The number of hydrogen-bond acceptors (Lipinski definition) is 3. The third-order valence-electron chi connectivity index (χ3n) is 3.76. The molecular weight excluding hydrogens is 238 g/mol. The van der Waals surface area contributed by atoms with Crippen LogP contribution in [0.3, 0.4) is 0 Å². The van der Waals surface area contributed by atoms with Gasteiger partial charge in [-0.3, -0.25) is 9.69 Å². The van der Waals surface area contributed by atoms with E-state index in [1.54, 1.807) is 0 Å². The van der Waals surface area contributed by atoms with Crippen LogP contribution >= 0.6 is 11.8 Å². The predicted molar refractivity (Wildman–Crippen MR) is 64.5 cm³/mol. The molecule has 0 aromatic carbocycles. The SMILES string of the molecule is C/C=C1/C(=O)N2C(C(=O)O)=C3CCSCC3[C@@H]12. The number of carbonyl (C=O) groups excluding carboxylic acids is 1. The van der Waals surface area contributed by atoms with E-state index < -0.39 is 5.97 Å². The van der Waals surface area contributed by atoms with E-state index >= 15 is 0 Å². The fourth-order valence-electron chi connectivity index (χ4n) is 3.05. The van der Waals surface area contributed by atoms with Gasteiger partial charge in [0, 0.05) is 17.2 Å². The number of rotatable bonds is 1. The molecular formula is C12H13NO3S. The lowest BCUT2D eigenvalue weighted by atomic mass is 9.84. The van der Waals surface area contributed by atoms with Gasteiger partial charge in [0.05, 0.1) is 6.04 Å². The van der Waals surface area contributed by atoms with Crippen LogP contribution < -0.4 is 0 Å². The van der Waals surface area contributed by atoms with Crippen LogP contribution in [0.5, 0.6) is 0 Å². The van der Waals surface area contributed by atoms with Crippen LogP contribution in [0.15, 0.2) is 22.9 Å². The van der Waals surface area contributed by atoms with Crippen LogP contribution in [0, 0.1) is 5.92 Å². The van der Waals surface area contributed by atoms with E-state index in [1.807, 2.05) is 24.8 Å². The number of carbonyl (C=O) groups is 2. The molecule has 1 N–H and O–H groups in total. The number of carboxylic acid groups (broad SMARTS) is 1. The minimum absolute atomic E-state index is 0.00130. The van der Waals surface area contributed by atoms with Crippen LogP contribution in [-0.4, -0.2) is 39.4 Å². The van der Waals surface area contributed by atoms with Crippen LogP contribution in [0.25, 0.3) is 0 Å². The van der Waals surface area contributed by atoms with E-state index in [1.165, 1.54) is 4.90 Å². The van der Waals surface area contributed by atoms with Gasteiger partial charge in [-0.2, -0.15) is 11.8 Å². The number of fused-ring (bicyclic) bond motifs is 3. The number of amides is 1. The van der Waals surface area contributed by atoms with Crippen molar-refractivity contribution >= 4 is 23.6 Å². The Morgan fingerprint density at radius 3 is 3.00 bits per heavy atom. The van der Waals surface area contributed by atoms with Gasteiger partial charge in [-0.1, -0.05) is 6.08 Å². The predicted octanol–water partition coefficient (Wildman–Crippen LogP) is 1.25. The maximum atomic E-state index is 11.9. The van der Waals surface area contributed by atoms with Crippen molar-refractivity contribution in [1.29, 1.82) is 0 Å². The molecule has 0 bridgehead atoms. The average molecular weight is 251 g/mol. The molecule has 3 heterocycles. The molecule has 90 valence electrons. The van der Waals surface area contributed by atoms with Gasteiger partial charge in [-0.15, -0.1) is 0 Å². The van der Waals surface area contributed by atoms with E-state index in [0.29, 0.717) is 0 Å². The Labute approximate surface area is 103 Å². The Morgan fingerprint density at radius 1 is 1.59 bits per heavy atom. The number of allylic oxidation sites excluding steroid dienone is 1. The minimum Gasteiger partial charge on any atom is -0.477 e. The molecule has 3 rings (SSSR count). The highest BCUT2D eigenvalue weighted by Crippen LogP contribution is 2.49. The summed E-state index contributed by atoms with van der Waals surface area (Å²) in [4.78, 5) is 24.7. The fraction of sp³-hybridized carbons (Fsp3) is 0.500. The maximum absolute atomic E-state index is 11.9. The summed E-state index contributed by atoms with van der Waals surface area (Å²) in [5.74, 6) is 1.04. The highest BCUT2D eigenvalue weighted by molar-refractivity contribution is 7.99. The van der Waals surface area contributed by atoms with Gasteiger partial charge < -0.3 is 5.11 Å². The molecule has 5 heteroatoms. The lowest BCUT2D eigenvalue weighted by Crippen LogP contribution is -2.55. The van der Waals surface area contributed by atoms with Crippen molar-refractivity contribution in [3.8, 4) is 0 Å². The van der Waals surface area contributed by atoms with Gasteiger partial charge in [0.2, 0.25) is 0 Å². The minimum atomic E-state index is -0.956. The highest BCUT2D eigenvalue weighted by atomic mass is 32.2. The maximum Gasteiger partial charge on any atom is 0.352 e. The normalized spacial score (nSPS) is 33.6. The molecule has 0 aliphatic carbocycles. The van der Waals surface area contributed by atoms with Gasteiger partial charge in [0.15, 0.2) is 0 Å². The van der Waals surface area contributed by atoms with Crippen molar-refractivity contribution in [1.82, 2.24) is 4.90 Å². The second-order valence-electron chi connectivity index (χ2n) is 4.47. The average Bonchev–Trinajstić information content (AvgIpc) is 2.61. The molecule has 4 nitrogen and oxygen atoms in total. The number of aliphatic carboxylic acids is 1. The van der Waals surface area contributed by atoms with Crippen LogP contribution in [0.1, 0.15) is 13.3 Å². The van der Waals surface area contributed by atoms with Crippen LogP contribution in [0.4, 0.5) is 0 Å². The first-order valence-corrected chi connectivity index (χ1v) is 6.86. The van der Waals surface area contributed by atoms with Gasteiger partial charge in [0.1, 0.15) is 5.70 Å². The van der Waals surface area contributed by atoms with Crippen molar-refractivity contribution in [2.45, 2.75) is 19.4 Å². The Bertz CT molecular complexity index is 480. The molecule has 1 unspecified atom stereocenters. The molecule has 17 heavy (non-hydrogen) atoms. The van der Waals surface area contributed by atoms with Crippen LogP contribution in [-0.2, 0) is 9.59 Å². The van der Waals surface area contributed by atoms with Crippen molar-refractivity contribution in [3.63, 3.8) is 0 Å². The summed E-state index contributed by atoms with van der Waals surface area (Å²) in [6.07, 6.45) is 2.62. The summed E-state index contributed by atoms with van der Waals surface area (Å²) in [6.45, 7) is 1.85. The smallest absolute Gasteiger partial charge is 0.352 e. The van der Waals surface area contributed by atoms with Gasteiger partial charge in [-0.25, -0.2) is 4.79 Å². The summed E-state index contributed by atoms with van der Waals surface area (Å²) in [7, 11) is 0. The first kappa shape index (κ1) is 10.9. The molecule has 2 fully saturated rings. The first-order chi connectivity index (χ1) is 8.16. The summed E-state index contributed by atoms with van der Waals surface area (Å²) in [5, 5.41) is 9.27. The van der Waals surface area contributed by atoms with Gasteiger partial charge in [0.25, 0.3) is 5.91 Å². The molecule has 0 radical (unpaired) electrons. The molecule has 1 amide bonds. The van der Waals surface area contributed by atoms with Crippen molar-refractivity contribution in [3.05, 3.63) is 22.9 Å². The monoisotopic (exact) mass is 251 g/mol.